The Hall–Kier alpha value is -2.56. The third-order valence-corrected chi connectivity index (χ3v) is 7.53. The number of methoxy groups -OCH3 is 1. The van der Waals surface area contributed by atoms with Gasteiger partial charge >= 0.3 is 0 Å². The second kappa shape index (κ2) is 15.1. The number of ether oxygens (including phenoxy) is 7. The number of benzene rings is 4. The lowest BCUT2D eigenvalue weighted by Gasteiger charge is -2.29. The van der Waals surface area contributed by atoms with Crippen molar-refractivity contribution in [3.8, 4) is 0 Å². The van der Waals surface area contributed by atoms with Crippen molar-refractivity contribution in [1.29, 1.82) is 0 Å². The van der Waals surface area contributed by atoms with Crippen LogP contribution in [0, 0.1) is 0 Å². The monoisotopic (exact) mass is 565 g/mol. The Morgan fingerprint density at radius 3 is 2.10 bits per heavy atom. The minimum Gasteiger partial charge on any atom is -0.382 e. The SMILES string of the molecule is COCCOCCOCC1(C)COCCOCCN(c2ccc3ccc4cccc5ccc2c3c45)CCOCCO1. The number of rotatable bonds is 9. The van der Waals surface area contributed by atoms with Crippen LogP contribution in [0.3, 0.4) is 0 Å². The molecule has 1 fully saturated rings. The third kappa shape index (κ3) is 7.84. The Labute approximate surface area is 242 Å². The fourth-order valence-corrected chi connectivity index (χ4v) is 5.43. The highest BCUT2D eigenvalue weighted by atomic mass is 16.6. The molecule has 0 amide bonds. The van der Waals surface area contributed by atoms with Crippen molar-refractivity contribution in [2.24, 2.45) is 0 Å². The minimum atomic E-state index is -0.580. The molecule has 0 saturated carbocycles. The van der Waals surface area contributed by atoms with Crippen LogP contribution >= 0.6 is 0 Å². The van der Waals surface area contributed by atoms with E-state index >= 15 is 0 Å². The molecular weight excluding hydrogens is 522 g/mol. The first-order valence-corrected chi connectivity index (χ1v) is 14.6. The van der Waals surface area contributed by atoms with Crippen LogP contribution < -0.4 is 4.90 Å². The van der Waals surface area contributed by atoms with E-state index < -0.39 is 5.60 Å². The minimum absolute atomic E-state index is 0.407. The highest BCUT2D eigenvalue weighted by molar-refractivity contribution is 6.25. The number of hydrogen-bond acceptors (Lipinski definition) is 8. The Morgan fingerprint density at radius 2 is 1.32 bits per heavy atom. The molecule has 0 N–H and O–H groups in total. The molecule has 8 heteroatoms. The molecule has 1 unspecified atom stereocenters. The topological polar surface area (TPSA) is 67.9 Å². The molecule has 1 atom stereocenters. The van der Waals surface area contributed by atoms with Crippen molar-refractivity contribution in [1.82, 2.24) is 0 Å². The van der Waals surface area contributed by atoms with E-state index in [9.17, 15) is 0 Å². The molecule has 222 valence electrons. The van der Waals surface area contributed by atoms with E-state index in [-0.39, 0.29) is 0 Å². The van der Waals surface area contributed by atoms with Gasteiger partial charge in [-0.05, 0) is 39.9 Å². The first kappa shape index (κ1) is 29.9. The third-order valence-electron chi connectivity index (χ3n) is 7.53. The maximum absolute atomic E-state index is 6.19. The van der Waals surface area contributed by atoms with Crippen molar-refractivity contribution >= 4 is 38.0 Å². The molecule has 0 spiro atoms. The zero-order chi connectivity index (χ0) is 28.3. The van der Waals surface area contributed by atoms with E-state index in [0.717, 1.165) is 13.1 Å². The first-order chi connectivity index (χ1) is 20.2. The molecular formula is C33H43NO7. The van der Waals surface area contributed by atoms with Crippen LogP contribution in [0.1, 0.15) is 6.92 Å². The molecule has 0 bridgehead atoms. The summed E-state index contributed by atoms with van der Waals surface area (Å²) in [6.07, 6.45) is 0. The van der Waals surface area contributed by atoms with Gasteiger partial charge in [0.05, 0.1) is 79.3 Å². The largest absolute Gasteiger partial charge is 0.382 e. The first-order valence-electron chi connectivity index (χ1n) is 14.6. The molecule has 1 aliphatic rings. The van der Waals surface area contributed by atoms with E-state index in [1.54, 1.807) is 7.11 Å². The molecule has 1 saturated heterocycles. The standard InChI is InChI=1S/C33H43NO7/c1-33(25-40-21-19-38-17-16-35-2)24-39-20-18-36-14-12-34(13-15-37-22-23-41-33)30-11-9-28-7-6-26-4-3-5-27-8-10-29(30)32(28)31(26)27/h3-11H,12-25H2,1-2H3. The van der Waals surface area contributed by atoms with Crippen molar-refractivity contribution in [3.63, 3.8) is 0 Å². The summed E-state index contributed by atoms with van der Waals surface area (Å²) in [5.41, 5.74) is 0.625. The van der Waals surface area contributed by atoms with Gasteiger partial charge in [0, 0.05) is 31.3 Å². The molecule has 8 nitrogen and oxygen atoms in total. The number of nitrogens with zero attached hydrogens (tertiary/aromatic N) is 1. The summed E-state index contributed by atoms with van der Waals surface area (Å²) in [5, 5.41) is 7.72. The van der Waals surface area contributed by atoms with Gasteiger partial charge in [0.1, 0.15) is 5.60 Å². The number of anilines is 1. The second-order valence-corrected chi connectivity index (χ2v) is 10.7. The predicted octanol–water partition coefficient (Wildman–Crippen LogP) is 4.91. The van der Waals surface area contributed by atoms with Crippen molar-refractivity contribution < 1.29 is 33.2 Å². The smallest absolute Gasteiger partial charge is 0.112 e. The van der Waals surface area contributed by atoms with E-state index in [1.807, 2.05) is 6.92 Å². The van der Waals surface area contributed by atoms with Crippen molar-refractivity contribution in [2.45, 2.75) is 12.5 Å². The maximum Gasteiger partial charge on any atom is 0.112 e. The van der Waals surface area contributed by atoms with Gasteiger partial charge in [-0.25, -0.2) is 0 Å². The van der Waals surface area contributed by atoms with Gasteiger partial charge in [0.2, 0.25) is 0 Å². The highest BCUT2D eigenvalue weighted by Crippen LogP contribution is 2.38. The summed E-state index contributed by atoms with van der Waals surface area (Å²) in [7, 11) is 1.66. The van der Waals surface area contributed by atoms with Crippen molar-refractivity contribution in [2.75, 3.05) is 104 Å². The van der Waals surface area contributed by atoms with Crippen LogP contribution in [-0.2, 0) is 33.2 Å². The Morgan fingerprint density at radius 1 is 0.683 bits per heavy atom. The molecule has 1 heterocycles. The van der Waals surface area contributed by atoms with Gasteiger partial charge < -0.3 is 38.1 Å². The lowest BCUT2D eigenvalue weighted by molar-refractivity contribution is -0.140. The fraction of sp³-hybridized carbons (Fsp3) is 0.515. The van der Waals surface area contributed by atoms with Crippen LogP contribution in [0.25, 0.3) is 32.3 Å². The Bertz CT molecular complexity index is 1330. The predicted molar refractivity (Wildman–Crippen MR) is 163 cm³/mol. The van der Waals surface area contributed by atoms with Crippen LogP contribution in [0.15, 0.2) is 54.6 Å². The summed E-state index contributed by atoms with van der Waals surface area (Å²) in [5.74, 6) is 0. The van der Waals surface area contributed by atoms with Crippen LogP contribution in [-0.4, -0.2) is 105 Å². The average molecular weight is 566 g/mol. The van der Waals surface area contributed by atoms with E-state index in [1.165, 1.54) is 38.0 Å². The van der Waals surface area contributed by atoms with Gasteiger partial charge in [-0.3, -0.25) is 0 Å². The van der Waals surface area contributed by atoms with Gasteiger partial charge in [-0.15, -0.1) is 0 Å². The zero-order valence-electron chi connectivity index (χ0n) is 24.4. The maximum atomic E-state index is 6.19. The van der Waals surface area contributed by atoms with E-state index in [2.05, 4.69) is 59.5 Å². The summed E-state index contributed by atoms with van der Waals surface area (Å²) in [6, 6.07) is 19.9. The van der Waals surface area contributed by atoms with Gasteiger partial charge in [0.15, 0.2) is 0 Å². The number of hydrogen-bond donors (Lipinski definition) is 0. The normalized spacial score (nSPS) is 20.5. The van der Waals surface area contributed by atoms with Gasteiger partial charge in [0.25, 0.3) is 0 Å². The van der Waals surface area contributed by atoms with Gasteiger partial charge in [-0.2, -0.15) is 0 Å². The molecule has 4 aromatic rings. The summed E-state index contributed by atoms with van der Waals surface area (Å²) in [4.78, 5) is 2.37. The lowest BCUT2D eigenvalue weighted by atomic mass is 9.93. The van der Waals surface area contributed by atoms with Crippen LogP contribution in [0.4, 0.5) is 5.69 Å². The molecule has 41 heavy (non-hydrogen) atoms. The molecule has 0 aliphatic carbocycles. The summed E-state index contributed by atoms with van der Waals surface area (Å²) >= 11 is 0. The summed E-state index contributed by atoms with van der Waals surface area (Å²) in [6.45, 7) is 9.65. The lowest BCUT2D eigenvalue weighted by Crippen LogP contribution is -2.41. The fourth-order valence-electron chi connectivity index (χ4n) is 5.43. The summed E-state index contributed by atoms with van der Waals surface area (Å²) < 4.78 is 40.5. The molecule has 0 radical (unpaired) electrons. The Kier molecular flexibility index (Phi) is 11.0. The quantitative estimate of drug-likeness (QED) is 0.210. The molecule has 1 aliphatic heterocycles. The average Bonchev–Trinajstić information content (AvgIpc) is 3.00. The molecule has 4 aromatic carbocycles. The molecule has 0 aromatic heterocycles. The van der Waals surface area contributed by atoms with E-state index in [4.69, 9.17) is 33.2 Å². The van der Waals surface area contributed by atoms with Crippen LogP contribution in [0.5, 0.6) is 0 Å². The van der Waals surface area contributed by atoms with Gasteiger partial charge in [-0.1, -0.05) is 48.5 Å². The second-order valence-electron chi connectivity index (χ2n) is 10.7. The van der Waals surface area contributed by atoms with E-state index in [0.29, 0.717) is 79.3 Å². The van der Waals surface area contributed by atoms with Crippen LogP contribution in [0.2, 0.25) is 0 Å². The van der Waals surface area contributed by atoms with Crippen molar-refractivity contribution in [3.05, 3.63) is 54.6 Å². The zero-order valence-corrected chi connectivity index (χ0v) is 24.4. The highest BCUT2D eigenvalue weighted by Gasteiger charge is 2.26. The molecule has 5 rings (SSSR count). The Balaban J connectivity index is 1.21.